The number of nitrogens with one attached hydrogen (secondary N) is 2. The van der Waals surface area contributed by atoms with E-state index in [0.29, 0.717) is 24.6 Å². The predicted molar refractivity (Wildman–Crippen MR) is 131 cm³/mol. The number of halogens is 4. The number of hydrogen-bond donors (Lipinski definition) is 2. The van der Waals surface area contributed by atoms with Crippen molar-refractivity contribution in [3.8, 4) is 5.75 Å². The average Bonchev–Trinajstić information content (AvgIpc) is 3.26. The van der Waals surface area contributed by atoms with Crippen molar-refractivity contribution in [1.29, 1.82) is 0 Å². The molecule has 3 rings (SSSR count). The molecule has 0 unspecified atom stereocenters. The lowest BCUT2D eigenvalue weighted by Gasteiger charge is -2.16. The summed E-state index contributed by atoms with van der Waals surface area (Å²) >= 11 is 0. The summed E-state index contributed by atoms with van der Waals surface area (Å²) < 4.78 is 42.3. The van der Waals surface area contributed by atoms with Crippen molar-refractivity contribution in [2.75, 3.05) is 26.7 Å². The van der Waals surface area contributed by atoms with E-state index >= 15 is 0 Å². The number of aliphatic imine (C=N–C) groups is 1. The molecule has 0 spiro atoms. The molecular weight excluding hydrogens is 532 g/mol. The Balaban J connectivity index is 0.00000363. The first-order chi connectivity index (χ1) is 14.9. The molecule has 0 bridgehead atoms. The van der Waals surface area contributed by atoms with Gasteiger partial charge in [-0.1, -0.05) is 42.5 Å². The van der Waals surface area contributed by atoms with Crippen LogP contribution in [0.1, 0.15) is 29.5 Å². The standard InChI is InChI=1S/C23H29F3N4O.HI/c1-27-22(29-15-20-6-2-3-7-21(20)31-17-23(24,25)26)28-14-18-8-10-19(11-9-18)16-30-12-4-5-13-30;/h2-3,6-11H,4-5,12-17H2,1H3,(H2,27,28,29);1H. The van der Waals surface area contributed by atoms with Gasteiger partial charge in [0.15, 0.2) is 12.6 Å². The van der Waals surface area contributed by atoms with E-state index in [1.165, 1.54) is 37.6 Å². The van der Waals surface area contributed by atoms with Gasteiger partial charge in [-0.3, -0.25) is 9.89 Å². The number of para-hydroxylation sites is 1. The van der Waals surface area contributed by atoms with Crippen LogP contribution in [0.3, 0.4) is 0 Å². The van der Waals surface area contributed by atoms with Crippen molar-refractivity contribution in [3.05, 3.63) is 65.2 Å². The van der Waals surface area contributed by atoms with Gasteiger partial charge in [-0.05, 0) is 43.1 Å². The molecule has 0 atom stereocenters. The van der Waals surface area contributed by atoms with Crippen LogP contribution < -0.4 is 15.4 Å². The van der Waals surface area contributed by atoms with Crippen LogP contribution in [-0.2, 0) is 19.6 Å². The second-order valence-corrected chi connectivity index (χ2v) is 7.59. The summed E-state index contributed by atoms with van der Waals surface area (Å²) in [6, 6.07) is 15.2. The summed E-state index contributed by atoms with van der Waals surface area (Å²) in [5, 5.41) is 6.36. The number of ether oxygens (including phenoxy) is 1. The number of hydrogen-bond acceptors (Lipinski definition) is 3. The van der Waals surface area contributed by atoms with Crippen LogP contribution in [-0.4, -0.2) is 43.8 Å². The summed E-state index contributed by atoms with van der Waals surface area (Å²) in [6.07, 6.45) is -1.80. The average molecular weight is 562 g/mol. The molecule has 0 amide bonds. The highest BCUT2D eigenvalue weighted by Gasteiger charge is 2.28. The van der Waals surface area contributed by atoms with Crippen LogP contribution >= 0.6 is 24.0 Å². The molecule has 2 aromatic rings. The highest BCUT2D eigenvalue weighted by molar-refractivity contribution is 14.0. The normalized spacial score (nSPS) is 14.7. The van der Waals surface area contributed by atoms with Crippen LogP contribution in [0.15, 0.2) is 53.5 Å². The van der Waals surface area contributed by atoms with Gasteiger partial charge in [-0.2, -0.15) is 13.2 Å². The summed E-state index contributed by atoms with van der Waals surface area (Å²) in [5.41, 5.74) is 3.06. The summed E-state index contributed by atoms with van der Waals surface area (Å²) in [7, 11) is 1.65. The monoisotopic (exact) mass is 562 g/mol. The Morgan fingerprint density at radius 1 is 0.969 bits per heavy atom. The second-order valence-electron chi connectivity index (χ2n) is 7.59. The highest BCUT2D eigenvalue weighted by atomic mass is 127. The van der Waals surface area contributed by atoms with Crippen molar-refractivity contribution in [2.24, 2.45) is 4.99 Å². The molecular formula is C23H30F3IN4O. The Morgan fingerprint density at radius 3 is 2.25 bits per heavy atom. The molecule has 5 nitrogen and oxygen atoms in total. The van der Waals surface area contributed by atoms with Crippen LogP contribution in [0.2, 0.25) is 0 Å². The second kappa shape index (κ2) is 12.9. The van der Waals surface area contributed by atoms with E-state index in [1.807, 2.05) is 0 Å². The maximum Gasteiger partial charge on any atom is 0.422 e. The van der Waals surface area contributed by atoms with E-state index in [0.717, 1.165) is 12.1 Å². The maximum atomic E-state index is 12.5. The van der Waals surface area contributed by atoms with Crippen molar-refractivity contribution < 1.29 is 17.9 Å². The predicted octanol–water partition coefficient (Wildman–Crippen LogP) is 4.71. The smallest absolute Gasteiger partial charge is 0.422 e. The Labute approximate surface area is 204 Å². The molecule has 1 fully saturated rings. The van der Waals surface area contributed by atoms with Crippen molar-refractivity contribution >= 4 is 29.9 Å². The zero-order valence-electron chi connectivity index (χ0n) is 18.1. The van der Waals surface area contributed by atoms with Crippen molar-refractivity contribution in [3.63, 3.8) is 0 Å². The van der Waals surface area contributed by atoms with E-state index in [4.69, 9.17) is 4.74 Å². The zero-order valence-corrected chi connectivity index (χ0v) is 20.5. The molecule has 1 heterocycles. The number of likely N-dealkylation sites (tertiary alicyclic amines) is 1. The quantitative estimate of drug-likeness (QED) is 0.278. The fourth-order valence-corrected chi connectivity index (χ4v) is 3.50. The Morgan fingerprint density at radius 2 is 1.59 bits per heavy atom. The fraction of sp³-hybridized carbons (Fsp3) is 0.435. The number of guanidine groups is 1. The van der Waals surface area contributed by atoms with E-state index in [1.54, 1.807) is 25.2 Å². The van der Waals surface area contributed by atoms with Crippen LogP contribution in [0, 0.1) is 0 Å². The van der Waals surface area contributed by atoms with Gasteiger partial charge in [0, 0.05) is 32.2 Å². The van der Waals surface area contributed by atoms with Crippen molar-refractivity contribution in [2.45, 2.75) is 38.7 Å². The summed E-state index contributed by atoms with van der Waals surface area (Å²) in [5.74, 6) is 0.767. The maximum absolute atomic E-state index is 12.5. The largest absolute Gasteiger partial charge is 0.484 e. The van der Waals surface area contributed by atoms with E-state index in [9.17, 15) is 13.2 Å². The number of nitrogens with zero attached hydrogens (tertiary/aromatic N) is 2. The number of rotatable bonds is 8. The molecule has 0 radical (unpaired) electrons. The highest BCUT2D eigenvalue weighted by Crippen LogP contribution is 2.22. The minimum Gasteiger partial charge on any atom is -0.484 e. The van der Waals surface area contributed by atoms with Gasteiger partial charge < -0.3 is 15.4 Å². The molecule has 1 aliphatic rings. The van der Waals surface area contributed by atoms with Crippen molar-refractivity contribution in [1.82, 2.24) is 15.5 Å². The Hall–Kier alpha value is -2.01. The first kappa shape index (κ1) is 26.2. The van der Waals surface area contributed by atoms with Crippen LogP contribution in [0.25, 0.3) is 0 Å². The third-order valence-corrected chi connectivity index (χ3v) is 5.12. The number of alkyl halides is 3. The van der Waals surface area contributed by atoms with E-state index in [-0.39, 0.29) is 29.7 Å². The SMILES string of the molecule is CN=C(NCc1ccc(CN2CCCC2)cc1)NCc1ccccc1OCC(F)(F)F.I. The van der Waals surface area contributed by atoms with Gasteiger partial charge in [0.1, 0.15) is 5.75 Å². The molecule has 1 aliphatic heterocycles. The lowest BCUT2D eigenvalue weighted by atomic mass is 10.1. The van der Waals surface area contributed by atoms with Crippen LogP contribution in [0.5, 0.6) is 5.75 Å². The van der Waals surface area contributed by atoms with Gasteiger partial charge in [0.25, 0.3) is 0 Å². The minimum atomic E-state index is -4.37. The summed E-state index contributed by atoms with van der Waals surface area (Å²) in [6.45, 7) is 2.92. The van der Waals surface area contributed by atoms with E-state index < -0.39 is 12.8 Å². The minimum absolute atomic E-state index is 0. The third kappa shape index (κ3) is 8.85. The molecule has 1 saturated heterocycles. The van der Waals surface area contributed by atoms with Gasteiger partial charge in [-0.15, -0.1) is 24.0 Å². The molecule has 9 heteroatoms. The van der Waals surface area contributed by atoms with Gasteiger partial charge in [-0.25, -0.2) is 0 Å². The lowest BCUT2D eigenvalue weighted by molar-refractivity contribution is -0.153. The third-order valence-electron chi connectivity index (χ3n) is 5.12. The van der Waals surface area contributed by atoms with Crippen LogP contribution in [0.4, 0.5) is 13.2 Å². The topological polar surface area (TPSA) is 48.9 Å². The molecule has 0 aliphatic carbocycles. The molecule has 2 N–H and O–H groups in total. The van der Waals surface area contributed by atoms with Gasteiger partial charge in [0.05, 0.1) is 0 Å². The van der Waals surface area contributed by atoms with E-state index in [2.05, 4.69) is 44.8 Å². The first-order valence-corrected chi connectivity index (χ1v) is 10.4. The summed E-state index contributed by atoms with van der Waals surface area (Å²) in [4.78, 5) is 6.65. The zero-order chi connectivity index (χ0) is 22.1. The Kier molecular flexibility index (Phi) is 10.6. The molecule has 0 aromatic heterocycles. The fourth-order valence-electron chi connectivity index (χ4n) is 3.50. The molecule has 2 aromatic carbocycles. The molecule has 0 saturated carbocycles. The lowest BCUT2D eigenvalue weighted by Crippen LogP contribution is -2.36. The number of benzene rings is 2. The first-order valence-electron chi connectivity index (χ1n) is 10.4. The molecule has 32 heavy (non-hydrogen) atoms. The Bertz CT molecular complexity index is 853. The van der Waals surface area contributed by atoms with Gasteiger partial charge in [0.2, 0.25) is 0 Å². The molecule has 176 valence electrons. The van der Waals surface area contributed by atoms with Gasteiger partial charge >= 0.3 is 6.18 Å².